The zero-order valence-corrected chi connectivity index (χ0v) is 13.0. The van der Waals surface area contributed by atoms with Crippen molar-refractivity contribution < 1.29 is 18.3 Å². The first-order valence-corrected chi connectivity index (χ1v) is 8.41. The molecule has 1 aliphatic heterocycles. The monoisotopic (exact) mass is 312 g/mol. The van der Waals surface area contributed by atoms with Crippen LogP contribution in [0.4, 0.5) is 5.69 Å². The maximum atomic E-state index is 12.3. The maximum Gasteiger partial charge on any atom is 0.240 e. The second kappa shape index (κ2) is 6.13. The van der Waals surface area contributed by atoms with Crippen LogP contribution >= 0.6 is 0 Å². The zero-order chi connectivity index (χ0) is 15.6. The third-order valence-electron chi connectivity index (χ3n) is 3.67. The Labute approximate surface area is 124 Å². The number of fused-ring (bicyclic) bond motifs is 1. The molecule has 2 rings (SSSR count). The number of nitrogens with one attached hydrogen (secondary N) is 1. The number of carbonyl (C=O) groups excluding carboxylic acids is 1. The van der Waals surface area contributed by atoms with Gasteiger partial charge < -0.3 is 10.0 Å². The van der Waals surface area contributed by atoms with Crippen molar-refractivity contribution in [1.29, 1.82) is 0 Å². The van der Waals surface area contributed by atoms with Crippen molar-refractivity contribution in [2.24, 2.45) is 0 Å². The van der Waals surface area contributed by atoms with Crippen LogP contribution in [0.2, 0.25) is 0 Å². The number of hydrogen-bond donors (Lipinski definition) is 2. The van der Waals surface area contributed by atoms with Gasteiger partial charge in [0.2, 0.25) is 15.9 Å². The fourth-order valence-corrected chi connectivity index (χ4v) is 3.77. The fourth-order valence-electron chi connectivity index (χ4n) is 2.41. The van der Waals surface area contributed by atoms with E-state index < -0.39 is 16.1 Å². The number of aliphatic hydroxyl groups excluding tert-OH is 1. The molecule has 0 bridgehead atoms. The number of anilines is 1. The molecule has 2 N–H and O–H groups in total. The van der Waals surface area contributed by atoms with Crippen LogP contribution < -0.4 is 9.62 Å². The van der Waals surface area contributed by atoms with Gasteiger partial charge in [-0.25, -0.2) is 13.1 Å². The number of aliphatic hydroxyl groups is 1. The average Bonchev–Trinajstić information content (AvgIpc) is 2.87. The molecule has 7 heteroatoms. The lowest BCUT2D eigenvalue weighted by atomic mass is 10.2. The Kier molecular flexibility index (Phi) is 4.65. The van der Waals surface area contributed by atoms with Crippen LogP contribution in [-0.4, -0.2) is 38.6 Å². The van der Waals surface area contributed by atoms with Gasteiger partial charge in [-0.3, -0.25) is 4.79 Å². The number of amides is 1. The zero-order valence-electron chi connectivity index (χ0n) is 12.2. The SMILES string of the molecule is CC[C@H](CO)NS(=O)(=O)c1ccc2c(c1)CCN2C(C)=O. The molecule has 1 amide bonds. The highest BCUT2D eigenvalue weighted by Crippen LogP contribution is 2.30. The predicted molar refractivity (Wildman–Crippen MR) is 79.7 cm³/mol. The summed E-state index contributed by atoms with van der Waals surface area (Å²) in [4.78, 5) is 13.3. The standard InChI is InChI=1S/C14H20N2O4S/c1-3-12(9-17)15-21(19,20)13-4-5-14-11(8-13)6-7-16(14)10(2)18/h4-5,8,12,15,17H,3,6-7,9H2,1-2H3/t12-/m1/s1. The number of sulfonamides is 1. The molecule has 0 fully saturated rings. The van der Waals surface area contributed by atoms with Gasteiger partial charge in [-0.1, -0.05) is 6.92 Å². The molecule has 0 spiro atoms. The molecule has 1 aromatic carbocycles. The number of nitrogens with zero attached hydrogens (tertiary/aromatic N) is 1. The van der Waals surface area contributed by atoms with Gasteiger partial charge in [0, 0.05) is 25.2 Å². The summed E-state index contributed by atoms with van der Waals surface area (Å²) in [5.41, 5.74) is 1.63. The normalized spacial score (nSPS) is 15.9. The minimum atomic E-state index is -3.66. The first-order chi connectivity index (χ1) is 9.89. The van der Waals surface area contributed by atoms with Gasteiger partial charge in [0.05, 0.1) is 11.5 Å². The van der Waals surface area contributed by atoms with Crippen LogP contribution in [0.1, 0.15) is 25.8 Å². The smallest absolute Gasteiger partial charge is 0.240 e. The molecule has 116 valence electrons. The number of benzene rings is 1. The first kappa shape index (κ1) is 15.9. The van der Waals surface area contributed by atoms with Crippen LogP contribution in [-0.2, 0) is 21.2 Å². The van der Waals surface area contributed by atoms with Crippen molar-refractivity contribution in [1.82, 2.24) is 4.72 Å². The van der Waals surface area contributed by atoms with Crippen LogP contribution in [0.3, 0.4) is 0 Å². The van der Waals surface area contributed by atoms with E-state index in [0.717, 1.165) is 11.3 Å². The van der Waals surface area contributed by atoms with Crippen LogP contribution in [0.5, 0.6) is 0 Å². The lowest BCUT2D eigenvalue weighted by Gasteiger charge is -2.16. The van der Waals surface area contributed by atoms with E-state index in [2.05, 4.69) is 4.72 Å². The highest BCUT2D eigenvalue weighted by molar-refractivity contribution is 7.89. The lowest BCUT2D eigenvalue weighted by molar-refractivity contribution is -0.116. The van der Waals surface area contributed by atoms with Crippen molar-refractivity contribution >= 4 is 21.6 Å². The minimum Gasteiger partial charge on any atom is -0.395 e. The molecule has 0 aromatic heterocycles. The quantitative estimate of drug-likeness (QED) is 0.835. The molecular weight excluding hydrogens is 292 g/mol. The topological polar surface area (TPSA) is 86.7 Å². The third kappa shape index (κ3) is 3.25. The van der Waals surface area contributed by atoms with E-state index in [1.807, 2.05) is 0 Å². The molecule has 1 aliphatic rings. The second-order valence-corrected chi connectivity index (χ2v) is 6.83. The molecule has 0 radical (unpaired) electrons. The Morgan fingerprint density at radius 2 is 2.19 bits per heavy atom. The summed E-state index contributed by atoms with van der Waals surface area (Å²) in [6.45, 7) is 3.64. The summed E-state index contributed by atoms with van der Waals surface area (Å²) in [7, 11) is -3.66. The Morgan fingerprint density at radius 1 is 1.48 bits per heavy atom. The summed E-state index contributed by atoms with van der Waals surface area (Å²) >= 11 is 0. The Balaban J connectivity index is 2.29. The third-order valence-corrected chi connectivity index (χ3v) is 5.19. The molecule has 0 unspecified atom stereocenters. The summed E-state index contributed by atoms with van der Waals surface area (Å²) in [5, 5.41) is 9.12. The molecule has 0 aliphatic carbocycles. The van der Waals surface area contributed by atoms with E-state index in [1.54, 1.807) is 24.0 Å². The van der Waals surface area contributed by atoms with E-state index in [-0.39, 0.29) is 17.4 Å². The van der Waals surface area contributed by atoms with Crippen LogP contribution in [0.15, 0.2) is 23.1 Å². The summed E-state index contributed by atoms with van der Waals surface area (Å²) < 4.78 is 27.0. The van der Waals surface area contributed by atoms with Crippen LogP contribution in [0, 0.1) is 0 Å². The fraction of sp³-hybridized carbons (Fsp3) is 0.500. The van der Waals surface area contributed by atoms with Gasteiger partial charge in [-0.15, -0.1) is 0 Å². The van der Waals surface area contributed by atoms with E-state index in [9.17, 15) is 13.2 Å². The molecule has 0 saturated heterocycles. The van der Waals surface area contributed by atoms with Gasteiger partial charge in [0.1, 0.15) is 0 Å². The van der Waals surface area contributed by atoms with Crippen LogP contribution in [0.25, 0.3) is 0 Å². The number of carbonyl (C=O) groups is 1. The van der Waals surface area contributed by atoms with E-state index in [0.29, 0.717) is 19.4 Å². The number of hydrogen-bond acceptors (Lipinski definition) is 4. The summed E-state index contributed by atoms with van der Waals surface area (Å²) in [5.74, 6) is -0.0474. The van der Waals surface area contributed by atoms with E-state index in [4.69, 9.17) is 5.11 Å². The van der Waals surface area contributed by atoms with Gasteiger partial charge in [-0.2, -0.15) is 0 Å². The molecular formula is C14H20N2O4S. The summed E-state index contributed by atoms with van der Waals surface area (Å²) in [6, 6.07) is 4.27. The molecule has 6 nitrogen and oxygen atoms in total. The van der Waals surface area contributed by atoms with E-state index >= 15 is 0 Å². The molecule has 21 heavy (non-hydrogen) atoms. The predicted octanol–water partition coefficient (Wildman–Crippen LogP) is 0.645. The van der Waals surface area contributed by atoms with Crippen molar-refractivity contribution in [3.05, 3.63) is 23.8 Å². The van der Waals surface area contributed by atoms with Crippen molar-refractivity contribution in [3.63, 3.8) is 0 Å². The molecule has 1 heterocycles. The molecule has 1 atom stereocenters. The maximum absolute atomic E-state index is 12.3. The van der Waals surface area contributed by atoms with Crippen molar-refractivity contribution in [2.45, 2.75) is 37.6 Å². The van der Waals surface area contributed by atoms with Gasteiger partial charge >= 0.3 is 0 Å². The summed E-state index contributed by atoms with van der Waals surface area (Å²) in [6.07, 6.45) is 1.16. The highest BCUT2D eigenvalue weighted by Gasteiger charge is 2.25. The van der Waals surface area contributed by atoms with E-state index in [1.165, 1.54) is 13.0 Å². The van der Waals surface area contributed by atoms with Gasteiger partial charge in [0.25, 0.3) is 0 Å². The first-order valence-electron chi connectivity index (χ1n) is 6.93. The van der Waals surface area contributed by atoms with Gasteiger partial charge in [0.15, 0.2) is 0 Å². The number of rotatable bonds is 5. The molecule has 1 aromatic rings. The van der Waals surface area contributed by atoms with Crippen molar-refractivity contribution in [3.8, 4) is 0 Å². The Hall–Kier alpha value is -1.44. The van der Waals surface area contributed by atoms with Crippen molar-refractivity contribution in [2.75, 3.05) is 18.1 Å². The lowest BCUT2D eigenvalue weighted by Crippen LogP contribution is -2.36. The Morgan fingerprint density at radius 3 is 2.76 bits per heavy atom. The highest BCUT2D eigenvalue weighted by atomic mass is 32.2. The largest absolute Gasteiger partial charge is 0.395 e. The molecule has 0 saturated carbocycles. The minimum absolute atomic E-state index is 0.0474. The average molecular weight is 312 g/mol. The second-order valence-electron chi connectivity index (χ2n) is 5.12. The van der Waals surface area contributed by atoms with Gasteiger partial charge in [-0.05, 0) is 36.6 Å². The Bertz CT molecular complexity index is 638.